The first kappa shape index (κ1) is 13.1. The summed E-state index contributed by atoms with van der Waals surface area (Å²) in [5.41, 5.74) is 1.63. The molecule has 1 saturated carbocycles. The normalized spacial score (nSPS) is 17.4. The molecule has 1 aliphatic rings. The highest BCUT2D eigenvalue weighted by Gasteiger charge is 2.44. The molecule has 0 amide bonds. The van der Waals surface area contributed by atoms with Crippen LogP contribution in [0.2, 0.25) is 0 Å². The molecule has 0 spiro atoms. The van der Waals surface area contributed by atoms with E-state index in [0.29, 0.717) is 18.4 Å². The Balaban J connectivity index is 2.23. The van der Waals surface area contributed by atoms with Crippen LogP contribution in [-0.4, -0.2) is 24.7 Å². The van der Waals surface area contributed by atoms with Crippen LogP contribution in [0.25, 0.3) is 0 Å². The number of carbonyl (C=O) groups is 1. The van der Waals surface area contributed by atoms with Crippen molar-refractivity contribution in [2.75, 3.05) is 0 Å². The lowest BCUT2D eigenvalue weighted by Gasteiger charge is -2.12. The molecule has 1 atom stereocenters. The summed E-state index contributed by atoms with van der Waals surface area (Å²) in [5.74, 6) is -1.61. The average molecular weight is 268 g/mol. The quantitative estimate of drug-likeness (QED) is 0.883. The van der Waals surface area contributed by atoms with E-state index in [2.05, 4.69) is 0 Å². The Morgan fingerprint density at radius 3 is 2.61 bits per heavy atom. The van der Waals surface area contributed by atoms with Gasteiger partial charge in [0.25, 0.3) is 0 Å². The molecule has 0 heterocycles. The first-order chi connectivity index (χ1) is 8.40. The van der Waals surface area contributed by atoms with E-state index in [-0.39, 0.29) is 11.7 Å². The van der Waals surface area contributed by atoms with Crippen LogP contribution in [0.5, 0.6) is 0 Å². The van der Waals surface area contributed by atoms with E-state index in [4.69, 9.17) is 5.11 Å². The molecule has 0 bridgehead atoms. The number of rotatable bonds is 5. The Hall–Kier alpha value is -1.36. The van der Waals surface area contributed by atoms with E-state index in [1.807, 2.05) is 13.0 Å². The van der Waals surface area contributed by atoms with Crippen LogP contribution < -0.4 is 0 Å². The summed E-state index contributed by atoms with van der Waals surface area (Å²) in [6, 6.07) is 7.17. The fourth-order valence-corrected chi connectivity index (χ4v) is 4.16. The molecule has 1 fully saturated rings. The highest BCUT2D eigenvalue weighted by Crippen LogP contribution is 2.37. The van der Waals surface area contributed by atoms with E-state index in [9.17, 15) is 13.2 Å². The summed E-state index contributed by atoms with van der Waals surface area (Å²) in [4.78, 5) is 11.1. The second-order valence-corrected chi connectivity index (χ2v) is 7.01. The number of hydrogen-bond donors (Lipinski definition) is 1. The maximum atomic E-state index is 12.2. The number of carboxylic acids is 1. The minimum absolute atomic E-state index is 0.192. The highest BCUT2D eigenvalue weighted by molar-refractivity contribution is 7.92. The Morgan fingerprint density at radius 1 is 1.44 bits per heavy atom. The number of sulfone groups is 1. The Kier molecular flexibility index (Phi) is 3.43. The van der Waals surface area contributed by atoms with Gasteiger partial charge in [0.05, 0.1) is 5.75 Å². The predicted molar refractivity (Wildman–Crippen MR) is 68.0 cm³/mol. The molecule has 1 aliphatic carbocycles. The van der Waals surface area contributed by atoms with Crippen molar-refractivity contribution in [3.63, 3.8) is 0 Å². The third-order valence-electron chi connectivity index (χ3n) is 3.13. The summed E-state index contributed by atoms with van der Waals surface area (Å²) >= 11 is 0. The number of carboxylic acid groups (broad SMARTS) is 1. The van der Waals surface area contributed by atoms with Gasteiger partial charge < -0.3 is 5.11 Å². The highest BCUT2D eigenvalue weighted by atomic mass is 32.2. The van der Waals surface area contributed by atoms with Crippen molar-refractivity contribution in [2.45, 2.75) is 30.8 Å². The second kappa shape index (κ2) is 4.72. The van der Waals surface area contributed by atoms with Crippen LogP contribution in [0.3, 0.4) is 0 Å². The Bertz CT molecular complexity index is 558. The van der Waals surface area contributed by atoms with Gasteiger partial charge in [-0.2, -0.15) is 0 Å². The Labute approximate surface area is 107 Å². The largest absolute Gasteiger partial charge is 0.480 e. The fourth-order valence-electron chi connectivity index (χ4n) is 2.17. The van der Waals surface area contributed by atoms with Crippen molar-refractivity contribution in [2.24, 2.45) is 5.92 Å². The van der Waals surface area contributed by atoms with Gasteiger partial charge in [0.15, 0.2) is 15.1 Å². The summed E-state index contributed by atoms with van der Waals surface area (Å²) in [6.45, 7) is 1.88. The number of hydrogen-bond acceptors (Lipinski definition) is 3. The van der Waals surface area contributed by atoms with Crippen molar-refractivity contribution in [1.29, 1.82) is 0 Å². The van der Waals surface area contributed by atoms with Crippen molar-refractivity contribution < 1.29 is 18.3 Å². The third kappa shape index (κ3) is 2.90. The van der Waals surface area contributed by atoms with E-state index < -0.39 is 21.1 Å². The van der Waals surface area contributed by atoms with E-state index in [0.717, 1.165) is 5.56 Å². The molecule has 1 unspecified atom stereocenters. The van der Waals surface area contributed by atoms with Gasteiger partial charge in [0, 0.05) is 0 Å². The monoisotopic (exact) mass is 268 g/mol. The lowest BCUT2D eigenvalue weighted by Crippen LogP contribution is -2.33. The van der Waals surface area contributed by atoms with Crippen LogP contribution in [0.15, 0.2) is 24.3 Å². The topological polar surface area (TPSA) is 71.4 Å². The maximum absolute atomic E-state index is 12.2. The first-order valence-corrected chi connectivity index (χ1v) is 7.61. The summed E-state index contributed by atoms with van der Waals surface area (Å²) in [6.07, 6.45) is 1.40. The van der Waals surface area contributed by atoms with Gasteiger partial charge in [-0.1, -0.05) is 29.8 Å². The van der Waals surface area contributed by atoms with Gasteiger partial charge >= 0.3 is 5.97 Å². The second-order valence-electron chi connectivity index (χ2n) is 4.89. The molecular formula is C13H16O4S. The van der Waals surface area contributed by atoms with Crippen molar-refractivity contribution in [3.05, 3.63) is 35.4 Å². The third-order valence-corrected chi connectivity index (χ3v) is 5.23. The van der Waals surface area contributed by atoms with Gasteiger partial charge in [0.1, 0.15) is 0 Å². The maximum Gasteiger partial charge on any atom is 0.322 e. The van der Waals surface area contributed by atoms with Gasteiger partial charge in [-0.3, -0.25) is 4.79 Å². The van der Waals surface area contributed by atoms with Crippen LogP contribution >= 0.6 is 0 Å². The zero-order valence-corrected chi connectivity index (χ0v) is 11.0. The van der Waals surface area contributed by atoms with Gasteiger partial charge in [-0.15, -0.1) is 0 Å². The average Bonchev–Trinajstić information content (AvgIpc) is 2.99. The molecule has 0 aromatic heterocycles. The summed E-state index contributed by atoms with van der Waals surface area (Å²) in [5, 5.41) is 7.83. The van der Waals surface area contributed by atoms with E-state index in [1.165, 1.54) is 0 Å². The minimum Gasteiger partial charge on any atom is -0.480 e. The summed E-state index contributed by atoms with van der Waals surface area (Å²) < 4.78 is 24.3. The van der Waals surface area contributed by atoms with Crippen LogP contribution in [0.4, 0.5) is 0 Å². The molecule has 0 aliphatic heterocycles. The molecule has 98 valence electrons. The SMILES string of the molecule is Cc1cccc(CS(=O)(=O)C(C(=O)O)C2CC2)c1. The molecule has 1 N–H and O–H groups in total. The summed E-state index contributed by atoms with van der Waals surface area (Å²) in [7, 11) is -3.63. The standard InChI is InChI=1S/C13H16O4S/c1-9-3-2-4-10(7-9)8-18(16,17)12(13(14)15)11-5-6-11/h2-4,7,11-12H,5-6,8H2,1H3,(H,14,15). The first-order valence-electron chi connectivity index (χ1n) is 5.90. The van der Waals surface area contributed by atoms with Gasteiger partial charge in [-0.25, -0.2) is 8.42 Å². The fraction of sp³-hybridized carbons (Fsp3) is 0.462. The zero-order valence-electron chi connectivity index (χ0n) is 10.2. The molecule has 1 aromatic carbocycles. The number of benzene rings is 1. The van der Waals surface area contributed by atoms with Crippen LogP contribution in [0, 0.1) is 12.8 Å². The lowest BCUT2D eigenvalue weighted by atomic mass is 10.2. The van der Waals surface area contributed by atoms with Crippen molar-refractivity contribution >= 4 is 15.8 Å². The van der Waals surface area contributed by atoms with Crippen molar-refractivity contribution in [3.8, 4) is 0 Å². The molecule has 2 rings (SSSR count). The van der Waals surface area contributed by atoms with Crippen LogP contribution in [0.1, 0.15) is 24.0 Å². The molecular weight excluding hydrogens is 252 g/mol. The number of aliphatic carboxylic acids is 1. The van der Waals surface area contributed by atoms with Crippen molar-refractivity contribution in [1.82, 2.24) is 0 Å². The molecule has 1 aromatic rings. The molecule has 5 heteroatoms. The lowest BCUT2D eigenvalue weighted by molar-refractivity contribution is -0.136. The van der Waals surface area contributed by atoms with Crippen LogP contribution in [-0.2, 0) is 20.4 Å². The van der Waals surface area contributed by atoms with Gasteiger partial charge in [-0.05, 0) is 31.2 Å². The van der Waals surface area contributed by atoms with E-state index >= 15 is 0 Å². The van der Waals surface area contributed by atoms with E-state index in [1.54, 1.807) is 18.2 Å². The molecule has 0 saturated heterocycles. The van der Waals surface area contributed by atoms with Gasteiger partial charge in [0.2, 0.25) is 0 Å². The Morgan fingerprint density at radius 2 is 2.11 bits per heavy atom. The minimum atomic E-state index is -3.63. The smallest absolute Gasteiger partial charge is 0.322 e. The zero-order chi connectivity index (χ0) is 13.3. The molecule has 0 radical (unpaired) electrons. The number of aryl methyl sites for hydroxylation is 1. The molecule has 18 heavy (non-hydrogen) atoms. The molecule has 4 nitrogen and oxygen atoms in total. The predicted octanol–water partition coefficient (Wildman–Crippen LogP) is 1.77.